The van der Waals surface area contributed by atoms with Crippen LogP contribution in [-0.4, -0.2) is 47.9 Å². The normalized spacial score (nSPS) is 12.3. The van der Waals surface area contributed by atoms with Gasteiger partial charge in [-0.1, -0.05) is 24.3 Å². The average molecular weight is 508 g/mol. The Morgan fingerprint density at radius 1 is 0.921 bits per heavy atom. The van der Waals surface area contributed by atoms with Gasteiger partial charge in [-0.3, -0.25) is 4.79 Å². The van der Waals surface area contributed by atoms with Crippen LogP contribution in [0, 0.1) is 0 Å². The summed E-state index contributed by atoms with van der Waals surface area (Å²) in [6.07, 6.45) is 2.39. The minimum Gasteiger partial charge on any atom is -0.480 e. The molecule has 10 heteroatoms. The van der Waals surface area contributed by atoms with Crippen LogP contribution in [0.5, 0.6) is 0 Å². The second-order valence-corrected chi connectivity index (χ2v) is 9.26. The Balaban J connectivity index is 1.19. The lowest BCUT2D eigenvalue weighted by molar-refractivity contribution is -0.139. The molecule has 0 spiro atoms. The molecule has 0 aliphatic carbocycles. The Bertz CT molecular complexity index is 1810. The summed E-state index contributed by atoms with van der Waals surface area (Å²) in [4.78, 5) is 43.9. The molecule has 3 heterocycles. The van der Waals surface area contributed by atoms with E-state index in [-0.39, 0.29) is 6.42 Å². The highest BCUT2D eigenvalue weighted by molar-refractivity contribution is 5.99. The summed E-state index contributed by atoms with van der Waals surface area (Å²) >= 11 is 0. The molecule has 3 aromatic heterocycles. The third-order valence-corrected chi connectivity index (χ3v) is 6.66. The van der Waals surface area contributed by atoms with Gasteiger partial charge in [-0.15, -0.1) is 0 Å². The molecule has 0 aliphatic rings. The molecule has 0 saturated carbocycles. The summed E-state index contributed by atoms with van der Waals surface area (Å²) in [5.41, 5.74) is 12.0. The van der Waals surface area contributed by atoms with Crippen molar-refractivity contribution in [2.24, 2.45) is 5.73 Å². The van der Waals surface area contributed by atoms with Gasteiger partial charge in [0.2, 0.25) is 0 Å². The predicted octanol–water partition coefficient (Wildman–Crippen LogP) is 3.40. The van der Waals surface area contributed by atoms with Crippen molar-refractivity contribution in [2.45, 2.75) is 25.4 Å². The molecular weight excluding hydrogens is 482 g/mol. The number of imidazole rings is 2. The van der Waals surface area contributed by atoms with E-state index >= 15 is 0 Å². The fraction of sp³-hybridized carbons (Fsp3) is 0.143. The van der Waals surface area contributed by atoms with Gasteiger partial charge in [0.15, 0.2) is 0 Å². The van der Waals surface area contributed by atoms with E-state index in [2.05, 4.69) is 30.2 Å². The number of carboxylic acids is 1. The SMILES string of the molecule is NCc1ccc2[nH]c(Cc3nc4cc(C(=O)N[C@@H](Cc5c[nH]c6ccccc56)C(=O)O)ccc4[nH]3)nc2c1. The summed E-state index contributed by atoms with van der Waals surface area (Å²) in [7, 11) is 0. The molecule has 6 aromatic rings. The molecule has 6 rings (SSSR count). The minimum atomic E-state index is -1.10. The van der Waals surface area contributed by atoms with Crippen molar-refractivity contribution in [1.82, 2.24) is 30.2 Å². The van der Waals surface area contributed by atoms with Gasteiger partial charge in [0, 0.05) is 35.6 Å². The second-order valence-electron chi connectivity index (χ2n) is 9.26. The molecule has 10 nitrogen and oxygen atoms in total. The van der Waals surface area contributed by atoms with E-state index in [1.165, 1.54) is 0 Å². The molecule has 38 heavy (non-hydrogen) atoms. The van der Waals surface area contributed by atoms with Crippen LogP contribution in [0.3, 0.4) is 0 Å². The van der Waals surface area contributed by atoms with Gasteiger partial charge in [0.05, 0.1) is 28.5 Å². The topological polar surface area (TPSA) is 166 Å². The molecule has 3 aromatic carbocycles. The fourth-order valence-electron chi connectivity index (χ4n) is 4.72. The first-order valence-corrected chi connectivity index (χ1v) is 12.2. The van der Waals surface area contributed by atoms with Crippen molar-refractivity contribution >= 4 is 44.8 Å². The van der Waals surface area contributed by atoms with Crippen LogP contribution in [0.4, 0.5) is 0 Å². The standard InChI is InChI=1S/C28H25N7O3/c29-13-15-5-7-20-22(9-15)33-25(31-20)12-26-32-21-8-6-16(10-23(21)34-26)27(36)35-24(28(37)38)11-17-14-30-19-4-2-1-3-18(17)19/h1-10,14,24,30H,11-13,29H2,(H,31,33)(H,32,34)(H,35,36)(H,37,38)/t24-/m0/s1. The fourth-order valence-corrected chi connectivity index (χ4v) is 4.72. The molecule has 0 aliphatic heterocycles. The molecule has 7 N–H and O–H groups in total. The van der Waals surface area contributed by atoms with Crippen molar-refractivity contribution in [3.63, 3.8) is 0 Å². The van der Waals surface area contributed by atoms with Crippen LogP contribution in [0.15, 0.2) is 66.9 Å². The number of fused-ring (bicyclic) bond motifs is 3. The van der Waals surface area contributed by atoms with Gasteiger partial charge in [-0.2, -0.15) is 0 Å². The number of aromatic nitrogens is 5. The Labute approximate surface area is 216 Å². The van der Waals surface area contributed by atoms with Crippen LogP contribution in [0.2, 0.25) is 0 Å². The van der Waals surface area contributed by atoms with Crippen LogP contribution >= 0.6 is 0 Å². The number of nitrogens with zero attached hydrogens (tertiary/aromatic N) is 2. The first kappa shape index (κ1) is 23.4. The van der Waals surface area contributed by atoms with E-state index in [0.29, 0.717) is 29.9 Å². The van der Waals surface area contributed by atoms with E-state index in [1.807, 2.05) is 42.5 Å². The number of nitrogens with two attached hydrogens (primary N) is 1. The third-order valence-electron chi connectivity index (χ3n) is 6.66. The number of hydrogen-bond acceptors (Lipinski definition) is 5. The van der Waals surface area contributed by atoms with Crippen molar-refractivity contribution in [3.05, 3.63) is 95.2 Å². The minimum absolute atomic E-state index is 0.157. The number of benzene rings is 3. The van der Waals surface area contributed by atoms with Crippen molar-refractivity contribution in [3.8, 4) is 0 Å². The monoisotopic (exact) mass is 507 g/mol. The number of aliphatic carboxylic acids is 1. The van der Waals surface area contributed by atoms with Crippen LogP contribution in [-0.2, 0) is 24.2 Å². The van der Waals surface area contributed by atoms with Gasteiger partial charge in [0.25, 0.3) is 5.91 Å². The number of carboxylic acid groups (broad SMARTS) is 1. The van der Waals surface area contributed by atoms with Crippen LogP contribution in [0.1, 0.15) is 33.1 Å². The third kappa shape index (κ3) is 4.48. The molecule has 0 bridgehead atoms. The highest BCUT2D eigenvalue weighted by Gasteiger charge is 2.23. The smallest absolute Gasteiger partial charge is 0.326 e. The van der Waals surface area contributed by atoms with Gasteiger partial charge in [-0.25, -0.2) is 14.8 Å². The molecule has 190 valence electrons. The number of hydrogen-bond donors (Lipinski definition) is 6. The first-order valence-electron chi connectivity index (χ1n) is 12.2. The number of carbonyl (C=O) groups excluding carboxylic acids is 1. The van der Waals surface area contributed by atoms with E-state index < -0.39 is 17.9 Å². The number of amides is 1. The predicted molar refractivity (Wildman–Crippen MR) is 144 cm³/mol. The van der Waals surface area contributed by atoms with Gasteiger partial charge in [-0.05, 0) is 47.5 Å². The Morgan fingerprint density at radius 3 is 2.37 bits per heavy atom. The number of aromatic amines is 3. The highest BCUT2D eigenvalue weighted by Crippen LogP contribution is 2.21. The second kappa shape index (κ2) is 9.49. The number of rotatable bonds is 8. The summed E-state index contributed by atoms with van der Waals surface area (Å²) in [6, 6.07) is 17.5. The van der Waals surface area contributed by atoms with Crippen LogP contribution < -0.4 is 11.1 Å². The van der Waals surface area contributed by atoms with Crippen molar-refractivity contribution in [2.75, 3.05) is 0 Å². The summed E-state index contributed by atoms with van der Waals surface area (Å²) < 4.78 is 0. The van der Waals surface area contributed by atoms with Gasteiger partial charge in [0.1, 0.15) is 17.7 Å². The van der Waals surface area contributed by atoms with Crippen molar-refractivity contribution in [1.29, 1.82) is 0 Å². The Kier molecular flexibility index (Phi) is 5.85. The zero-order chi connectivity index (χ0) is 26.2. The Morgan fingerprint density at radius 2 is 1.63 bits per heavy atom. The first-order chi connectivity index (χ1) is 18.5. The van der Waals surface area contributed by atoms with E-state index in [9.17, 15) is 14.7 Å². The molecule has 0 saturated heterocycles. The number of nitrogens with one attached hydrogen (secondary N) is 4. The molecular formula is C28H25N7O3. The van der Waals surface area contributed by atoms with Crippen molar-refractivity contribution < 1.29 is 14.7 Å². The highest BCUT2D eigenvalue weighted by atomic mass is 16.4. The lowest BCUT2D eigenvalue weighted by atomic mass is 10.0. The molecule has 0 fully saturated rings. The van der Waals surface area contributed by atoms with Gasteiger partial charge < -0.3 is 31.1 Å². The number of carbonyl (C=O) groups is 2. The molecule has 0 unspecified atom stereocenters. The summed E-state index contributed by atoms with van der Waals surface area (Å²) in [5.74, 6) is -0.126. The maximum absolute atomic E-state index is 13.0. The largest absolute Gasteiger partial charge is 0.480 e. The van der Waals surface area contributed by atoms with Crippen LogP contribution in [0.25, 0.3) is 33.0 Å². The lowest BCUT2D eigenvalue weighted by Crippen LogP contribution is -2.42. The zero-order valence-corrected chi connectivity index (χ0v) is 20.3. The maximum Gasteiger partial charge on any atom is 0.326 e. The quantitative estimate of drug-likeness (QED) is 0.185. The summed E-state index contributed by atoms with van der Waals surface area (Å²) in [5, 5.41) is 13.4. The van der Waals surface area contributed by atoms with E-state index in [1.54, 1.807) is 24.4 Å². The zero-order valence-electron chi connectivity index (χ0n) is 20.3. The number of H-pyrrole nitrogens is 3. The Hall–Kier alpha value is -4.96. The number of para-hydroxylation sites is 1. The van der Waals surface area contributed by atoms with E-state index in [0.717, 1.165) is 44.4 Å². The molecule has 1 atom stereocenters. The van der Waals surface area contributed by atoms with E-state index in [4.69, 9.17) is 5.73 Å². The van der Waals surface area contributed by atoms with Gasteiger partial charge >= 0.3 is 5.97 Å². The molecule has 1 amide bonds. The lowest BCUT2D eigenvalue weighted by Gasteiger charge is -2.14. The maximum atomic E-state index is 13.0. The summed E-state index contributed by atoms with van der Waals surface area (Å²) in [6.45, 7) is 0.452. The average Bonchev–Trinajstić information content (AvgIpc) is 3.63. The molecule has 0 radical (unpaired) electrons.